The van der Waals surface area contributed by atoms with Gasteiger partial charge in [0.15, 0.2) is 0 Å². The first-order valence-corrected chi connectivity index (χ1v) is 5.07. The highest BCUT2D eigenvalue weighted by Crippen LogP contribution is 2.18. The second-order valence-electron chi connectivity index (χ2n) is 4.81. The Morgan fingerprint density at radius 2 is 2.23 bits per heavy atom. The zero-order chi connectivity index (χ0) is 9.73. The molecule has 0 aromatic carbocycles. The molecular formula is C11H21NO. The number of ether oxygens (including phenoxy) is 1. The van der Waals surface area contributed by atoms with Crippen molar-refractivity contribution in [3.63, 3.8) is 0 Å². The molecule has 0 spiro atoms. The number of hydrogen-bond acceptors (Lipinski definition) is 2. The first-order valence-electron chi connectivity index (χ1n) is 5.07. The second kappa shape index (κ2) is 4.77. The maximum atomic E-state index is 5.54. The highest BCUT2D eigenvalue weighted by atomic mass is 16.5. The lowest BCUT2D eigenvalue weighted by Gasteiger charge is -2.21. The Labute approximate surface area is 81.4 Å². The van der Waals surface area contributed by atoms with Gasteiger partial charge < -0.3 is 10.1 Å². The predicted molar refractivity (Wildman–Crippen MR) is 55.8 cm³/mol. The SMILES string of the molecule is CC(C)(C)CC=CC1CNCCO1. The van der Waals surface area contributed by atoms with Gasteiger partial charge in [-0.3, -0.25) is 0 Å². The Balaban J connectivity index is 2.22. The minimum atomic E-state index is 0.288. The van der Waals surface area contributed by atoms with Gasteiger partial charge in [-0.25, -0.2) is 0 Å². The van der Waals surface area contributed by atoms with E-state index in [4.69, 9.17) is 4.74 Å². The Morgan fingerprint density at radius 1 is 1.46 bits per heavy atom. The first kappa shape index (κ1) is 10.7. The molecule has 1 saturated heterocycles. The Bertz CT molecular complexity index is 163. The lowest BCUT2D eigenvalue weighted by Crippen LogP contribution is -2.37. The molecule has 0 aromatic rings. The molecule has 2 nitrogen and oxygen atoms in total. The molecule has 0 saturated carbocycles. The van der Waals surface area contributed by atoms with E-state index in [1.807, 2.05) is 0 Å². The third kappa shape index (κ3) is 5.06. The van der Waals surface area contributed by atoms with E-state index in [2.05, 4.69) is 38.2 Å². The van der Waals surface area contributed by atoms with Crippen LogP contribution in [0.2, 0.25) is 0 Å². The first-order chi connectivity index (χ1) is 6.08. The largest absolute Gasteiger partial charge is 0.372 e. The lowest BCUT2D eigenvalue weighted by atomic mass is 9.92. The minimum Gasteiger partial charge on any atom is -0.372 e. The summed E-state index contributed by atoms with van der Waals surface area (Å²) in [6.07, 6.45) is 5.82. The van der Waals surface area contributed by atoms with Crippen LogP contribution in [0.1, 0.15) is 27.2 Å². The van der Waals surface area contributed by atoms with Crippen molar-refractivity contribution >= 4 is 0 Å². The Kier molecular flexibility index (Phi) is 3.94. The predicted octanol–water partition coefficient (Wildman–Crippen LogP) is 1.97. The van der Waals surface area contributed by atoms with Crippen LogP contribution in [0.15, 0.2) is 12.2 Å². The monoisotopic (exact) mass is 183 g/mol. The summed E-state index contributed by atoms with van der Waals surface area (Å²) in [7, 11) is 0. The van der Waals surface area contributed by atoms with E-state index < -0.39 is 0 Å². The molecule has 1 unspecified atom stereocenters. The summed E-state index contributed by atoms with van der Waals surface area (Å²) >= 11 is 0. The molecule has 0 amide bonds. The number of hydrogen-bond donors (Lipinski definition) is 1. The lowest BCUT2D eigenvalue weighted by molar-refractivity contribution is 0.0589. The van der Waals surface area contributed by atoms with Crippen molar-refractivity contribution in [2.24, 2.45) is 5.41 Å². The molecule has 0 aromatic heterocycles. The molecule has 1 rings (SSSR count). The average Bonchev–Trinajstić information content (AvgIpc) is 2.04. The van der Waals surface area contributed by atoms with Gasteiger partial charge in [-0.2, -0.15) is 0 Å². The van der Waals surface area contributed by atoms with Crippen molar-refractivity contribution in [2.75, 3.05) is 19.7 Å². The van der Waals surface area contributed by atoms with E-state index in [9.17, 15) is 0 Å². The summed E-state index contributed by atoms with van der Waals surface area (Å²) in [5.74, 6) is 0. The van der Waals surface area contributed by atoms with Crippen molar-refractivity contribution in [1.82, 2.24) is 5.32 Å². The molecule has 13 heavy (non-hydrogen) atoms. The summed E-state index contributed by atoms with van der Waals surface area (Å²) in [6, 6.07) is 0. The van der Waals surface area contributed by atoms with Crippen LogP contribution in [0.5, 0.6) is 0 Å². The number of morpholine rings is 1. The van der Waals surface area contributed by atoms with Crippen molar-refractivity contribution < 1.29 is 4.74 Å². The van der Waals surface area contributed by atoms with Gasteiger partial charge in [0.2, 0.25) is 0 Å². The number of allylic oxidation sites excluding steroid dienone is 1. The van der Waals surface area contributed by atoms with Crippen LogP contribution in [0.4, 0.5) is 0 Å². The molecule has 0 bridgehead atoms. The molecule has 1 atom stereocenters. The zero-order valence-corrected chi connectivity index (χ0v) is 8.97. The maximum absolute atomic E-state index is 5.54. The van der Waals surface area contributed by atoms with E-state index in [1.54, 1.807) is 0 Å². The second-order valence-corrected chi connectivity index (χ2v) is 4.81. The number of nitrogens with one attached hydrogen (secondary N) is 1. The van der Waals surface area contributed by atoms with E-state index in [-0.39, 0.29) is 6.10 Å². The standard InChI is InChI=1S/C11H21NO/c1-11(2,3)6-4-5-10-9-12-7-8-13-10/h4-5,10,12H,6-9H2,1-3H3. The van der Waals surface area contributed by atoms with Crippen molar-refractivity contribution in [3.8, 4) is 0 Å². The van der Waals surface area contributed by atoms with Gasteiger partial charge in [0.1, 0.15) is 0 Å². The van der Waals surface area contributed by atoms with Crippen molar-refractivity contribution in [1.29, 1.82) is 0 Å². The highest BCUT2D eigenvalue weighted by molar-refractivity contribution is 4.94. The smallest absolute Gasteiger partial charge is 0.0880 e. The summed E-state index contributed by atoms with van der Waals surface area (Å²) in [4.78, 5) is 0. The Hall–Kier alpha value is -0.340. The topological polar surface area (TPSA) is 21.3 Å². The molecule has 2 heteroatoms. The van der Waals surface area contributed by atoms with Crippen LogP contribution in [0.3, 0.4) is 0 Å². The normalized spacial score (nSPS) is 25.3. The van der Waals surface area contributed by atoms with Gasteiger partial charge in [0.25, 0.3) is 0 Å². The minimum absolute atomic E-state index is 0.288. The summed E-state index contributed by atoms with van der Waals surface area (Å²) < 4.78 is 5.54. The average molecular weight is 183 g/mol. The van der Waals surface area contributed by atoms with Crippen LogP contribution in [-0.4, -0.2) is 25.8 Å². The summed E-state index contributed by atoms with van der Waals surface area (Å²) in [6.45, 7) is 9.53. The fraction of sp³-hybridized carbons (Fsp3) is 0.818. The van der Waals surface area contributed by atoms with Crippen LogP contribution >= 0.6 is 0 Å². The molecular weight excluding hydrogens is 162 g/mol. The molecule has 1 aliphatic heterocycles. The third-order valence-corrected chi connectivity index (χ3v) is 2.04. The molecule has 0 radical (unpaired) electrons. The van der Waals surface area contributed by atoms with Gasteiger partial charge in [0, 0.05) is 13.1 Å². The van der Waals surface area contributed by atoms with Crippen LogP contribution in [0, 0.1) is 5.41 Å². The van der Waals surface area contributed by atoms with Crippen LogP contribution < -0.4 is 5.32 Å². The molecule has 76 valence electrons. The van der Waals surface area contributed by atoms with Crippen LogP contribution in [0.25, 0.3) is 0 Å². The van der Waals surface area contributed by atoms with Crippen molar-refractivity contribution in [2.45, 2.75) is 33.3 Å². The zero-order valence-electron chi connectivity index (χ0n) is 8.97. The molecule has 0 aliphatic carbocycles. The van der Waals surface area contributed by atoms with Gasteiger partial charge >= 0.3 is 0 Å². The number of rotatable bonds is 2. The molecule has 1 aliphatic rings. The fourth-order valence-corrected chi connectivity index (χ4v) is 1.28. The van der Waals surface area contributed by atoms with Gasteiger partial charge in [-0.05, 0) is 11.8 Å². The quantitative estimate of drug-likeness (QED) is 0.661. The van der Waals surface area contributed by atoms with Gasteiger partial charge in [-0.15, -0.1) is 0 Å². The highest BCUT2D eigenvalue weighted by Gasteiger charge is 2.10. The molecule has 1 N–H and O–H groups in total. The molecule has 1 fully saturated rings. The summed E-state index contributed by atoms with van der Waals surface area (Å²) in [5.41, 5.74) is 0.387. The van der Waals surface area contributed by atoms with E-state index in [0.717, 1.165) is 26.1 Å². The van der Waals surface area contributed by atoms with Gasteiger partial charge in [0.05, 0.1) is 12.7 Å². The maximum Gasteiger partial charge on any atom is 0.0880 e. The van der Waals surface area contributed by atoms with E-state index in [0.29, 0.717) is 5.41 Å². The van der Waals surface area contributed by atoms with E-state index >= 15 is 0 Å². The fourth-order valence-electron chi connectivity index (χ4n) is 1.28. The van der Waals surface area contributed by atoms with Crippen LogP contribution in [-0.2, 0) is 4.74 Å². The van der Waals surface area contributed by atoms with E-state index in [1.165, 1.54) is 0 Å². The van der Waals surface area contributed by atoms with Crippen molar-refractivity contribution in [3.05, 3.63) is 12.2 Å². The third-order valence-electron chi connectivity index (χ3n) is 2.04. The molecule has 1 heterocycles. The Morgan fingerprint density at radius 3 is 2.77 bits per heavy atom. The summed E-state index contributed by atoms with van der Waals surface area (Å²) in [5, 5.41) is 3.31. The van der Waals surface area contributed by atoms with Gasteiger partial charge in [-0.1, -0.05) is 32.9 Å².